The van der Waals surface area contributed by atoms with E-state index in [1.54, 1.807) is 12.1 Å². The van der Waals surface area contributed by atoms with Crippen molar-refractivity contribution in [3.05, 3.63) is 63.7 Å². The number of hydrogen-bond acceptors (Lipinski definition) is 8. The highest BCUT2D eigenvalue weighted by atomic mass is 35.5. The maximum Gasteiger partial charge on any atom is 0.310 e. The molecular weight excluding hydrogens is 524 g/mol. The number of rotatable bonds is 4. The van der Waals surface area contributed by atoms with Crippen LogP contribution in [0, 0.1) is 39.5 Å². The maximum absolute atomic E-state index is 13.5. The molecule has 3 heterocycles. The van der Waals surface area contributed by atoms with Crippen LogP contribution in [0.3, 0.4) is 0 Å². The van der Waals surface area contributed by atoms with Crippen molar-refractivity contribution in [2.45, 2.75) is 39.7 Å². The van der Waals surface area contributed by atoms with Crippen LogP contribution in [-0.4, -0.2) is 38.6 Å². The average molecular weight is 555 g/mol. The van der Waals surface area contributed by atoms with Crippen molar-refractivity contribution in [2.75, 3.05) is 27.6 Å². The molecule has 0 saturated carbocycles. The molecule has 3 aromatic rings. The van der Waals surface area contributed by atoms with E-state index in [2.05, 4.69) is 18.4 Å². The summed E-state index contributed by atoms with van der Waals surface area (Å²) in [5, 5.41) is 12.7. The van der Waals surface area contributed by atoms with Crippen LogP contribution >= 0.6 is 12.4 Å². The van der Waals surface area contributed by atoms with Gasteiger partial charge in [0.15, 0.2) is 28.9 Å². The van der Waals surface area contributed by atoms with Crippen LogP contribution in [0.25, 0.3) is 0 Å². The minimum Gasteiger partial charge on any atom is -0.867 e. The molecular formula is C29H31ClN2O7. The number of aryl methyl sites for hydroxylation is 2. The molecule has 1 aromatic heterocycles. The Bertz CT molecular complexity index is 1440. The number of nitrogens with zero attached hydrogens (tertiary/aromatic N) is 2. The van der Waals surface area contributed by atoms with Gasteiger partial charge in [0, 0.05) is 25.3 Å². The third kappa shape index (κ3) is 3.93. The summed E-state index contributed by atoms with van der Waals surface area (Å²) in [6.07, 6.45) is 0. The Morgan fingerprint density at radius 1 is 0.897 bits per heavy atom. The molecule has 10 heteroatoms. The third-order valence-corrected chi connectivity index (χ3v) is 8.37. The number of cyclic esters (lactones) is 1. The van der Waals surface area contributed by atoms with Gasteiger partial charge < -0.3 is 28.8 Å². The number of aromatic nitrogens is 2. The van der Waals surface area contributed by atoms with Crippen molar-refractivity contribution in [3.8, 4) is 28.7 Å². The Hall–Kier alpha value is -3.72. The van der Waals surface area contributed by atoms with Gasteiger partial charge >= 0.3 is 5.97 Å². The normalized spacial score (nSPS) is 22.5. The standard InChI is InChI=1S/C29H30N2O7.ClH/c1-13-15(3)31(16(4)14(2)30-13)27-19-10-22-21(37-12-38-22)9-18(19)25(26-20(27)11-36-29(26)33)17-7-23(34-5)28(32)24(8-17)35-6;/h7-10,20,25-27H,11-12H2,1-6H3;1H/t20-,25+,26-,27+;/m0./s1. The zero-order valence-corrected chi connectivity index (χ0v) is 23.5. The number of carbonyl (C=O) groups excluding carboxylic acids is 1. The molecule has 2 aliphatic heterocycles. The van der Waals surface area contributed by atoms with Crippen molar-refractivity contribution in [2.24, 2.45) is 11.8 Å². The molecule has 0 N–H and O–H groups in total. The number of carbonyl (C=O) groups is 1. The second-order valence-corrected chi connectivity index (χ2v) is 10.2. The molecule has 4 atom stereocenters. The number of esters is 1. The number of ether oxygens (including phenoxy) is 5. The summed E-state index contributed by atoms with van der Waals surface area (Å²) in [7, 11) is 2.90. The number of benzene rings is 2. The van der Waals surface area contributed by atoms with Crippen molar-refractivity contribution >= 4 is 18.4 Å². The smallest absolute Gasteiger partial charge is 0.310 e. The van der Waals surface area contributed by atoms with Gasteiger partial charge in [0.05, 0.1) is 26.1 Å². The summed E-state index contributed by atoms with van der Waals surface area (Å²) >= 11 is 0. The largest absolute Gasteiger partial charge is 0.867 e. The van der Waals surface area contributed by atoms with Gasteiger partial charge in [-0.2, -0.15) is 4.57 Å². The molecule has 6 rings (SSSR count). The minimum atomic E-state index is -0.500. The maximum atomic E-state index is 13.5. The first kappa shape index (κ1) is 26.9. The Morgan fingerprint density at radius 2 is 1.46 bits per heavy atom. The lowest BCUT2D eigenvalue weighted by atomic mass is 9.65. The highest BCUT2D eigenvalue weighted by Crippen LogP contribution is 2.55. The lowest BCUT2D eigenvalue weighted by Gasteiger charge is -2.37. The molecule has 1 saturated heterocycles. The van der Waals surface area contributed by atoms with Gasteiger partial charge in [0.25, 0.3) is 0 Å². The molecule has 39 heavy (non-hydrogen) atoms. The van der Waals surface area contributed by atoms with E-state index in [-0.39, 0.29) is 61.0 Å². The number of fused-ring (bicyclic) bond motifs is 3. The fourth-order valence-corrected chi connectivity index (χ4v) is 6.37. The van der Waals surface area contributed by atoms with Gasteiger partial charge in [-0.05, 0) is 55.0 Å². The second-order valence-electron chi connectivity index (χ2n) is 10.2. The number of hydrogen-bond donors (Lipinski definition) is 0. The minimum absolute atomic E-state index is 0. The average Bonchev–Trinajstić information content (AvgIpc) is 3.52. The SMILES string of the molecule is COc1cc([C@@H]2c3cc4c(cc3[C@@H]([n+]3c(C)c(C)nc(C)c3C)[C@H]3COC(=O)[C@H]23)OCO4)cc(OC)c1[O-].Cl. The second kappa shape index (κ2) is 9.79. The van der Waals surface area contributed by atoms with E-state index < -0.39 is 11.8 Å². The Labute approximate surface area is 233 Å². The molecule has 0 amide bonds. The molecule has 0 unspecified atom stereocenters. The third-order valence-electron chi connectivity index (χ3n) is 8.37. The lowest BCUT2D eigenvalue weighted by molar-refractivity contribution is -0.734. The van der Waals surface area contributed by atoms with E-state index in [1.165, 1.54) is 14.2 Å². The number of halogens is 1. The van der Waals surface area contributed by atoms with Crippen LogP contribution < -0.4 is 28.6 Å². The molecule has 1 aliphatic carbocycles. The summed E-state index contributed by atoms with van der Waals surface area (Å²) in [5.74, 6) is -0.0837. The molecule has 1 fully saturated rings. The zero-order valence-electron chi connectivity index (χ0n) is 22.7. The Balaban J connectivity index is 0.00000308. The lowest BCUT2D eigenvalue weighted by Crippen LogP contribution is -2.54. The summed E-state index contributed by atoms with van der Waals surface area (Å²) in [4.78, 5) is 18.2. The first-order chi connectivity index (χ1) is 18.2. The summed E-state index contributed by atoms with van der Waals surface area (Å²) in [5.41, 5.74) is 6.59. The van der Waals surface area contributed by atoms with E-state index in [9.17, 15) is 9.90 Å². The van der Waals surface area contributed by atoms with E-state index in [4.69, 9.17) is 28.7 Å². The van der Waals surface area contributed by atoms with Gasteiger partial charge in [0.2, 0.25) is 6.79 Å². The van der Waals surface area contributed by atoms with Crippen LogP contribution in [0.1, 0.15) is 51.4 Å². The summed E-state index contributed by atoms with van der Waals surface area (Å²) in [6.45, 7) is 8.53. The highest BCUT2D eigenvalue weighted by Gasteiger charge is 2.57. The summed E-state index contributed by atoms with van der Waals surface area (Å²) in [6, 6.07) is 7.21. The van der Waals surface area contributed by atoms with Crippen LogP contribution in [0.2, 0.25) is 0 Å². The van der Waals surface area contributed by atoms with Gasteiger partial charge in [-0.3, -0.25) is 4.79 Å². The molecule has 3 aliphatic rings. The Kier molecular flexibility index (Phi) is 6.74. The predicted molar refractivity (Wildman–Crippen MR) is 140 cm³/mol. The van der Waals surface area contributed by atoms with Crippen LogP contribution in [-0.2, 0) is 9.53 Å². The van der Waals surface area contributed by atoms with Crippen molar-refractivity contribution < 1.29 is 38.2 Å². The topological polar surface area (TPSA) is 103 Å². The van der Waals surface area contributed by atoms with Crippen molar-refractivity contribution in [1.29, 1.82) is 0 Å². The van der Waals surface area contributed by atoms with Crippen LogP contribution in [0.4, 0.5) is 0 Å². The van der Waals surface area contributed by atoms with Gasteiger partial charge in [-0.15, -0.1) is 12.4 Å². The van der Waals surface area contributed by atoms with E-state index >= 15 is 0 Å². The molecule has 0 radical (unpaired) electrons. The number of methoxy groups -OCH3 is 2. The van der Waals surface area contributed by atoms with Crippen LogP contribution in [0.15, 0.2) is 24.3 Å². The van der Waals surface area contributed by atoms with Crippen molar-refractivity contribution in [1.82, 2.24) is 4.98 Å². The van der Waals surface area contributed by atoms with E-state index in [1.807, 2.05) is 26.0 Å². The van der Waals surface area contributed by atoms with Crippen molar-refractivity contribution in [3.63, 3.8) is 0 Å². The first-order valence-corrected chi connectivity index (χ1v) is 12.6. The van der Waals surface area contributed by atoms with Gasteiger partial charge in [0.1, 0.15) is 29.5 Å². The van der Waals surface area contributed by atoms with Gasteiger partial charge in [-0.25, -0.2) is 4.98 Å². The van der Waals surface area contributed by atoms with E-state index in [0.29, 0.717) is 11.5 Å². The molecule has 206 valence electrons. The van der Waals surface area contributed by atoms with Crippen LogP contribution in [0.5, 0.6) is 28.7 Å². The fourth-order valence-electron chi connectivity index (χ4n) is 6.37. The summed E-state index contributed by atoms with van der Waals surface area (Å²) < 4.78 is 30.4. The Morgan fingerprint density at radius 3 is 2.03 bits per heavy atom. The molecule has 9 nitrogen and oxygen atoms in total. The first-order valence-electron chi connectivity index (χ1n) is 12.6. The highest BCUT2D eigenvalue weighted by molar-refractivity contribution is 5.85. The molecule has 2 aromatic carbocycles. The molecule has 0 bridgehead atoms. The van der Waals surface area contributed by atoms with Gasteiger partial charge in [-0.1, -0.05) is 0 Å². The predicted octanol–water partition coefficient (Wildman–Crippen LogP) is 3.37. The fraction of sp³-hybridized carbons (Fsp3) is 0.414. The van der Waals surface area contributed by atoms with E-state index in [0.717, 1.165) is 39.5 Å². The monoisotopic (exact) mass is 554 g/mol. The zero-order chi connectivity index (χ0) is 26.9. The molecule has 0 spiro atoms. The quantitative estimate of drug-likeness (QED) is 0.357.